The van der Waals surface area contributed by atoms with E-state index in [9.17, 15) is 13.2 Å². The zero-order valence-electron chi connectivity index (χ0n) is 8.38. The summed E-state index contributed by atoms with van der Waals surface area (Å²) in [6.45, 7) is 1.22. The number of rotatable bonds is 4. The third kappa shape index (κ3) is 2.57. The monoisotopic (exact) mass is 312 g/mol. The average molecular weight is 313 g/mol. The second-order valence-corrected chi connectivity index (χ2v) is 5.37. The fourth-order valence-electron chi connectivity index (χ4n) is 0.947. The normalized spacial score (nSPS) is 13.7. The number of carboxylic acids is 1. The highest BCUT2D eigenvalue weighted by atomic mass is 79.9. The summed E-state index contributed by atoms with van der Waals surface area (Å²) in [5.41, 5.74) is 0. The predicted octanol–water partition coefficient (Wildman–Crippen LogP) is -0.671. The minimum atomic E-state index is -3.96. The number of hydrogen-bond donors (Lipinski definition) is 2. The first-order chi connectivity index (χ1) is 7.25. The third-order valence-electron chi connectivity index (χ3n) is 1.69. The smallest absolute Gasteiger partial charge is 0.321 e. The number of carbonyl (C=O) groups is 1. The Balaban J connectivity index is 3.09. The molecule has 1 atom stereocenters. The van der Waals surface area contributed by atoms with Crippen molar-refractivity contribution in [2.45, 2.75) is 18.0 Å². The Morgan fingerprint density at radius 1 is 1.62 bits per heavy atom. The van der Waals surface area contributed by atoms with Crippen LogP contribution in [0.3, 0.4) is 0 Å². The van der Waals surface area contributed by atoms with Gasteiger partial charge in [0.1, 0.15) is 6.04 Å². The van der Waals surface area contributed by atoms with Crippen molar-refractivity contribution >= 4 is 31.9 Å². The molecular formula is C6H9BrN4O4S. The zero-order valence-corrected chi connectivity index (χ0v) is 10.8. The van der Waals surface area contributed by atoms with Crippen LogP contribution in [0.2, 0.25) is 0 Å². The van der Waals surface area contributed by atoms with E-state index in [1.807, 2.05) is 4.72 Å². The van der Waals surface area contributed by atoms with Gasteiger partial charge < -0.3 is 5.11 Å². The molecule has 0 amide bonds. The molecule has 1 aromatic rings. The van der Waals surface area contributed by atoms with Gasteiger partial charge in [0.05, 0.1) is 0 Å². The lowest BCUT2D eigenvalue weighted by Crippen LogP contribution is -2.39. The van der Waals surface area contributed by atoms with E-state index in [0.29, 0.717) is 0 Å². The number of aryl methyl sites for hydroxylation is 1. The van der Waals surface area contributed by atoms with Gasteiger partial charge in [-0.2, -0.15) is 4.72 Å². The molecule has 10 heteroatoms. The first-order valence-electron chi connectivity index (χ1n) is 4.06. The van der Waals surface area contributed by atoms with Crippen LogP contribution in [-0.4, -0.2) is 40.5 Å². The topological polar surface area (TPSA) is 114 Å². The van der Waals surface area contributed by atoms with Gasteiger partial charge in [-0.1, -0.05) is 5.21 Å². The van der Waals surface area contributed by atoms with Crippen molar-refractivity contribution in [3.8, 4) is 0 Å². The molecule has 8 nitrogen and oxygen atoms in total. The first-order valence-corrected chi connectivity index (χ1v) is 6.33. The predicted molar refractivity (Wildman–Crippen MR) is 56.1 cm³/mol. The van der Waals surface area contributed by atoms with Gasteiger partial charge in [0, 0.05) is 7.05 Å². The summed E-state index contributed by atoms with van der Waals surface area (Å²) in [7, 11) is -2.58. The van der Waals surface area contributed by atoms with Crippen LogP contribution in [0, 0.1) is 0 Å². The molecule has 0 aliphatic rings. The number of nitrogens with zero attached hydrogens (tertiary/aromatic N) is 3. The number of hydrogen-bond acceptors (Lipinski definition) is 5. The molecule has 16 heavy (non-hydrogen) atoms. The van der Waals surface area contributed by atoms with Crippen LogP contribution < -0.4 is 4.72 Å². The van der Waals surface area contributed by atoms with Crippen LogP contribution in [0.25, 0.3) is 0 Å². The summed E-state index contributed by atoms with van der Waals surface area (Å²) in [6, 6.07) is -1.23. The van der Waals surface area contributed by atoms with Gasteiger partial charge in [0.2, 0.25) is 5.03 Å². The molecule has 2 N–H and O–H groups in total. The minimum absolute atomic E-state index is 0.0279. The highest BCUT2D eigenvalue weighted by molar-refractivity contribution is 9.10. The van der Waals surface area contributed by atoms with Gasteiger partial charge in [0.25, 0.3) is 10.0 Å². The van der Waals surface area contributed by atoms with Gasteiger partial charge in [-0.05, 0) is 22.9 Å². The van der Waals surface area contributed by atoms with Gasteiger partial charge in [-0.3, -0.25) is 4.79 Å². The molecule has 1 aromatic heterocycles. The number of halogens is 1. The molecule has 0 saturated heterocycles. The van der Waals surface area contributed by atoms with Gasteiger partial charge in [-0.25, -0.2) is 13.1 Å². The summed E-state index contributed by atoms with van der Waals surface area (Å²) in [6.07, 6.45) is 0. The lowest BCUT2D eigenvalue weighted by molar-refractivity contribution is -0.138. The molecule has 90 valence electrons. The summed E-state index contributed by atoms with van der Waals surface area (Å²) < 4.78 is 26.5. The largest absolute Gasteiger partial charge is 0.480 e. The molecule has 0 saturated carbocycles. The highest BCUT2D eigenvalue weighted by Crippen LogP contribution is 2.17. The molecule has 0 aromatic carbocycles. The maximum atomic E-state index is 11.7. The Bertz CT molecular complexity index is 491. The van der Waals surface area contributed by atoms with Crippen molar-refractivity contribution < 1.29 is 18.3 Å². The van der Waals surface area contributed by atoms with E-state index in [0.717, 1.165) is 4.68 Å². The molecule has 1 heterocycles. The van der Waals surface area contributed by atoms with Crippen molar-refractivity contribution in [2.75, 3.05) is 0 Å². The molecule has 0 bridgehead atoms. The molecule has 0 fully saturated rings. The molecule has 0 unspecified atom stereocenters. The van der Waals surface area contributed by atoms with Crippen LogP contribution >= 0.6 is 15.9 Å². The lowest BCUT2D eigenvalue weighted by atomic mass is 10.4. The molecular weight excluding hydrogens is 304 g/mol. The van der Waals surface area contributed by atoms with E-state index in [-0.39, 0.29) is 9.63 Å². The van der Waals surface area contributed by atoms with Crippen LogP contribution in [0.5, 0.6) is 0 Å². The number of aromatic nitrogens is 3. The van der Waals surface area contributed by atoms with E-state index in [1.165, 1.54) is 14.0 Å². The first kappa shape index (κ1) is 13.1. The van der Waals surface area contributed by atoms with Crippen molar-refractivity contribution in [3.05, 3.63) is 4.60 Å². The van der Waals surface area contributed by atoms with E-state index in [1.54, 1.807) is 0 Å². The van der Waals surface area contributed by atoms with Crippen molar-refractivity contribution in [2.24, 2.45) is 7.05 Å². The Labute approximate surface area is 99.8 Å². The van der Waals surface area contributed by atoms with E-state index in [4.69, 9.17) is 5.11 Å². The van der Waals surface area contributed by atoms with Crippen LogP contribution in [-0.2, 0) is 21.9 Å². The molecule has 0 aliphatic heterocycles. The number of sulfonamides is 1. The number of carboxylic acid groups (broad SMARTS) is 1. The summed E-state index contributed by atoms with van der Waals surface area (Å²) in [4.78, 5) is 10.5. The minimum Gasteiger partial charge on any atom is -0.480 e. The Morgan fingerprint density at radius 3 is 2.56 bits per heavy atom. The Hall–Kier alpha value is -1.00. The maximum Gasteiger partial charge on any atom is 0.321 e. The standard InChI is InChI=1S/C6H9BrN4O4S/c1-3(6(12)13)9-16(14,15)5-4(7)8-10-11(5)2/h3,9H,1-2H3,(H,12,13)/t3-/m1/s1. The number of nitrogens with one attached hydrogen (secondary N) is 1. The fraction of sp³-hybridized carbons (Fsp3) is 0.500. The van der Waals surface area contributed by atoms with Crippen molar-refractivity contribution in [3.63, 3.8) is 0 Å². The molecule has 1 rings (SSSR count). The van der Waals surface area contributed by atoms with Crippen molar-refractivity contribution in [1.82, 2.24) is 19.7 Å². The average Bonchev–Trinajstić information content (AvgIpc) is 2.45. The quantitative estimate of drug-likeness (QED) is 0.762. The fourth-order valence-corrected chi connectivity index (χ4v) is 3.24. The maximum absolute atomic E-state index is 11.7. The third-order valence-corrected chi connectivity index (χ3v) is 4.12. The van der Waals surface area contributed by atoms with Gasteiger partial charge in [0.15, 0.2) is 4.60 Å². The van der Waals surface area contributed by atoms with E-state index in [2.05, 4.69) is 26.2 Å². The van der Waals surface area contributed by atoms with Crippen LogP contribution in [0.4, 0.5) is 0 Å². The van der Waals surface area contributed by atoms with Crippen molar-refractivity contribution in [1.29, 1.82) is 0 Å². The van der Waals surface area contributed by atoms with Gasteiger partial charge in [-0.15, -0.1) is 5.10 Å². The van der Waals surface area contributed by atoms with E-state index < -0.39 is 22.0 Å². The number of aliphatic carboxylic acids is 1. The summed E-state index contributed by atoms with van der Waals surface area (Å²) >= 11 is 2.92. The second kappa shape index (κ2) is 4.47. The highest BCUT2D eigenvalue weighted by Gasteiger charge is 2.27. The SMILES string of the molecule is C[C@@H](NS(=O)(=O)c1c(Br)nnn1C)C(=O)O. The second-order valence-electron chi connectivity index (χ2n) is 2.99. The molecule has 0 aliphatic carbocycles. The Kier molecular flexibility index (Phi) is 3.65. The van der Waals surface area contributed by atoms with E-state index >= 15 is 0 Å². The molecule has 0 spiro atoms. The lowest BCUT2D eigenvalue weighted by Gasteiger charge is -2.09. The van der Waals surface area contributed by atoms with Gasteiger partial charge >= 0.3 is 5.97 Å². The summed E-state index contributed by atoms with van der Waals surface area (Å²) in [5, 5.41) is 15.4. The van der Waals surface area contributed by atoms with Crippen LogP contribution in [0.1, 0.15) is 6.92 Å². The Morgan fingerprint density at radius 2 is 2.19 bits per heavy atom. The zero-order chi connectivity index (χ0) is 12.5. The van der Waals surface area contributed by atoms with Crippen LogP contribution in [0.15, 0.2) is 9.63 Å². The molecule has 0 radical (unpaired) electrons. The summed E-state index contributed by atoms with van der Waals surface area (Å²) in [5.74, 6) is -1.27.